The first-order valence-electron chi connectivity index (χ1n) is 8.02. The highest BCUT2D eigenvalue weighted by Crippen LogP contribution is 2.20. The second kappa shape index (κ2) is 7.38. The third kappa shape index (κ3) is 7.54. The predicted octanol–water partition coefficient (Wildman–Crippen LogP) is 2.27. The maximum Gasteiger partial charge on any atom is 0.410 e. The first-order chi connectivity index (χ1) is 10.4. The van der Waals surface area contributed by atoms with Crippen LogP contribution in [0.3, 0.4) is 0 Å². The summed E-state index contributed by atoms with van der Waals surface area (Å²) in [5.41, 5.74) is -1.18. The van der Waals surface area contributed by atoms with Crippen molar-refractivity contribution < 1.29 is 24.2 Å². The average molecular weight is 330 g/mol. The lowest BCUT2D eigenvalue weighted by Crippen LogP contribution is -2.54. The number of nitrogens with one attached hydrogen (secondary N) is 1. The number of aliphatic hydroxyl groups is 1. The lowest BCUT2D eigenvalue weighted by Gasteiger charge is -2.38. The Bertz CT molecular complexity index is 425. The zero-order chi connectivity index (χ0) is 17.8. The van der Waals surface area contributed by atoms with Crippen molar-refractivity contribution >= 4 is 12.2 Å². The van der Waals surface area contributed by atoms with Gasteiger partial charge in [0.15, 0.2) is 0 Å². The van der Waals surface area contributed by atoms with Gasteiger partial charge in [-0.15, -0.1) is 0 Å². The molecular weight excluding hydrogens is 300 g/mol. The Morgan fingerprint density at radius 1 is 1.09 bits per heavy atom. The summed E-state index contributed by atoms with van der Waals surface area (Å²) in [7, 11) is 0. The summed E-state index contributed by atoms with van der Waals surface area (Å²) in [6.45, 7) is 11.2. The van der Waals surface area contributed by atoms with Gasteiger partial charge in [-0.3, -0.25) is 0 Å². The van der Waals surface area contributed by atoms with Crippen molar-refractivity contribution in [3.05, 3.63) is 0 Å². The van der Waals surface area contributed by atoms with Crippen molar-refractivity contribution in [2.45, 2.75) is 77.7 Å². The van der Waals surface area contributed by atoms with E-state index in [2.05, 4.69) is 5.32 Å². The van der Waals surface area contributed by atoms with E-state index < -0.39 is 29.5 Å². The van der Waals surface area contributed by atoms with Crippen LogP contribution in [0.5, 0.6) is 0 Å². The summed E-state index contributed by atoms with van der Waals surface area (Å²) < 4.78 is 10.6. The molecule has 0 aliphatic carbocycles. The minimum absolute atomic E-state index is 0.204. The molecule has 0 aromatic carbocycles. The quantitative estimate of drug-likeness (QED) is 0.811. The number of hydrogen-bond donors (Lipinski definition) is 2. The van der Waals surface area contributed by atoms with Crippen molar-refractivity contribution in [2.75, 3.05) is 13.1 Å². The van der Waals surface area contributed by atoms with E-state index in [1.54, 1.807) is 41.5 Å². The van der Waals surface area contributed by atoms with Crippen molar-refractivity contribution in [3.63, 3.8) is 0 Å². The number of rotatable bonds is 2. The largest absolute Gasteiger partial charge is 0.444 e. The van der Waals surface area contributed by atoms with Crippen molar-refractivity contribution in [1.29, 1.82) is 0 Å². The Morgan fingerprint density at radius 3 is 2.17 bits per heavy atom. The van der Waals surface area contributed by atoms with E-state index in [9.17, 15) is 14.7 Å². The van der Waals surface area contributed by atoms with Gasteiger partial charge in [-0.25, -0.2) is 9.59 Å². The van der Waals surface area contributed by atoms with Crippen molar-refractivity contribution in [1.82, 2.24) is 10.2 Å². The van der Waals surface area contributed by atoms with Gasteiger partial charge in [0.1, 0.15) is 11.2 Å². The minimum Gasteiger partial charge on any atom is -0.444 e. The van der Waals surface area contributed by atoms with E-state index in [-0.39, 0.29) is 19.1 Å². The number of likely N-dealkylation sites (tertiary alicyclic amines) is 1. The number of ether oxygens (including phenoxy) is 2. The van der Waals surface area contributed by atoms with E-state index >= 15 is 0 Å². The van der Waals surface area contributed by atoms with Gasteiger partial charge in [-0.05, 0) is 54.4 Å². The van der Waals surface area contributed by atoms with Crippen LogP contribution in [0, 0.1) is 0 Å². The fraction of sp³-hybridized carbons (Fsp3) is 0.875. The van der Waals surface area contributed by atoms with Crippen molar-refractivity contribution in [2.24, 2.45) is 0 Å². The molecule has 7 heteroatoms. The number of alkyl carbamates (subject to hydrolysis) is 1. The first kappa shape index (κ1) is 19.5. The maximum absolute atomic E-state index is 12.3. The molecule has 1 heterocycles. The van der Waals surface area contributed by atoms with E-state index in [1.165, 1.54) is 4.90 Å². The predicted molar refractivity (Wildman–Crippen MR) is 86.2 cm³/mol. The summed E-state index contributed by atoms with van der Waals surface area (Å²) in [5, 5.41) is 12.5. The molecule has 0 spiro atoms. The molecule has 1 rings (SSSR count). The van der Waals surface area contributed by atoms with E-state index in [1.807, 2.05) is 0 Å². The van der Waals surface area contributed by atoms with Crippen LogP contribution in [-0.2, 0) is 9.47 Å². The first-order valence-corrected chi connectivity index (χ1v) is 8.02. The van der Waals surface area contributed by atoms with Crippen LogP contribution >= 0.6 is 0 Å². The molecular formula is C16H30N2O5. The van der Waals surface area contributed by atoms with Crippen LogP contribution < -0.4 is 5.32 Å². The van der Waals surface area contributed by atoms with E-state index in [0.717, 1.165) is 0 Å². The molecule has 2 atom stereocenters. The zero-order valence-electron chi connectivity index (χ0n) is 15.0. The average Bonchev–Trinajstić information content (AvgIpc) is 2.33. The van der Waals surface area contributed by atoms with Crippen LogP contribution in [0.2, 0.25) is 0 Å². The molecule has 0 aromatic rings. The number of aliphatic hydroxyl groups excluding tert-OH is 1. The fourth-order valence-electron chi connectivity index (χ4n) is 2.28. The van der Waals surface area contributed by atoms with Gasteiger partial charge in [0.25, 0.3) is 0 Å². The lowest BCUT2D eigenvalue weighted by atomic mass is 10.0. The summed E-state index contributed by atoms with van der Waals surface area (Å²) >= 11 is 0. The number of carbonyl (C=O) groups excluding carboxylic acids is 2. The second-order valence-corrected chi connectivity index (χ2v) is 7.90. The molecule has 0 bridgehead atoms. The smallest absolute Gasteiger partial charge is 0.410 e. The number of piperidine rings is 1. The van der Waals surface area contributed by atoms with Gasteiger partial charge in [-0.2, -0.15) is 0 Å². The third-order valence-corrected chi connectivity index (χ3v) is 3.19. The van der Waals surface area contributed by atoms with Crippen LogP contribution in [0.1, 0.15) is 54.4 Å². The number of amides is 2. The summed E-state index contributed by atoms with van der Waals surface area (Å²) in [5.74, 6) is 0. The van der Waals surface area contributed by atoms with Gasteiger partial charge < -0.3 is 24.8 Å². The number of hydrogen-bond acceptors (Lipinski definition) is 5. The Labute approximate surface area is 138 Å². The summed E-state index contributed by atoms with van der Waals surface area (Å²) in [6.07, 6.45) is -0.392. The van der Waals surface area contributed by atoms with Crippen LogP contribution in [0.15, 0.2) is 0 Å². The van der Waals surface area contributed by atoms with Crippen LogP contribution in [0.4, 0.5) is 9.59 Å². The summed E-state index contributed by atoms with van der Waals surface area (Å²) in [4.78, 5) is 25.5. The molecule has 1 aliphatic rings. The molecule has 0 unspecified atom stereocenters. The molecule has 1 aliphatic heterocycles. The zero-order valence-corrected chi connectivity index (χ0v) is 15.0. The Balaban J connectivity index is 2.63. The lowest BCUT2D eigenvalue weighted by molar-refractivity contribution is -0.0135. The van der Waals surface area contributed by atoms with Gasteiger partial charge in [0.2, 0.25) is 0 Å². The number of β-amino-alcohol motifs (C(OH)–C–C–N with tert-alkyl or cyclic N) is 1. The molecule has 23 heavy (non-hydrogen) atoms. The molecule has 2 amide bonds. The topological polar surface area (TPSA) is 88.1 Å². The normalized spacial score (nSPS) is 22.5. The summed E-state index contributed by atoms with van der Waals surface area (Å²) in [6, 6.07) is -0.222. The molecule has 0 saturated carbocycles. The second-order valence-electron chi connectivity index (χ2n) is 7.90. The highest BCUT2D eigenvalue weighted by atomic mass is 16.6. The van der Waals surface area contributed by atoms with E-state index in [0.29, 0.717) is 12.8 Å². The minimum atomic E-state index is -0.609. The standard InChI is InChI=1S/C16H30N2O5/c1-15(2,3)22-13(20)17-9-11-7-8-12(19)10-18(11)14(21)23-16(4,5)6/h11-12,19H,7-10H2,1-6H3,(H,17,20)/t11-,12-/m0/s1. The molecule has 0 aromatic heterocycles. The number of carbonyl (C=O) groups is 2. The highest BCUT2D eigenvalue weighted by Gasteiger charge is 2.34. The fourth-order valence-corrected chi connectivity index (χ4v) is 2.28. The molecule has 7 nitrogen and oxygen atoms in total. The van der Waals surface area contributed by atoms with Crippen LogP contribution in [0.25, 0.3) is 0 Å². The Kier molecular flexibility index (Phi) is 6.27. The van der Waals surface area contributed by atoms with E-state index in [4.69, 9.17) is 9.47 Å². The Hall–Kier alpha value is -1.50. The molecule has 134 valence electrons. The van der Waals surface area contributed by atoms with Crippen molar-refractivity contribution in [3.8, 4) is 0 Å². The molecule has 1 fully saturated rings. The Morgan fingerprint density at radius 2 is 1.65 bits per heavy atom. The third-order valence-electron chi connectivity index (χ3n) is 3.19. The molecule has 1 saturated heterocycles. The SMILES string of the molecule is CC(C)(C)OC(=O)NC[C@@H]1CC[C@H](O)CN1C(=O)OC(C)(C)C. The maximum atomic E-state index is 12.3. The molecule has 0 radical (unpaired) electrons. The highest BCUT2D eigenvalue weighted by molar-refractivity contribution is 5.70. The van der Waals surface area contributed by atoms with Gasteiger partial charge in [0.05, 0.1) is 18.7 Å². The van der Waals surface area contributed by atoms with Gasteiger partial charge >= 0.3 is 12.2 Å². The van der Waals surface area contributed by atoms with Gasteiger partial charge in [-0.1, -0.05) is 0 Å². The monoisotopic (exact) mass is 330 g/mol. The molecule has 2 N–H and O–H groups in total. The van der Waals surface area contributed by atoms with Gasteiger partial charge in [0, 0.05) is 6.54 Å². The number of nitrogens with zero attached hydrogens (tertiary/aromatic N) is 1. The van der Waals surface area contributed by atoms with Crippen LogP contribution in [-0.4, -0.2) is 58.6 Å².